The van der Waals surface area contributed by atoms with Crippen LogP contribution in [0.3, 0.4) is 0 Å². The molecule has 0 fully saturated rings. The number of carbonyl (C=O) groups excluding carboxylic acids is 1. The average Bonchev–Trinajstić information content (AvgIpc) is 2.75. The van der Waals surface area contributed by atoms with Crippen LogP contribution in [0.15, 0.2) is 18.2 Å². The summed E-state index contributed by atoms with van der Waals surface area (Å²) in [5.74, 6) is -0.579. The fourth-order valence-corrected chi connectivity index (χ4v) is 2.04. The molecular formula is C17H22F3NO2. The number of benzene rings is 1. The third-order valence-corrected chi connectivity index (χ3v) is 2.99. The summed E-state index contributed by atoms with van der Waals surface area (Å²) in [6.45, 7) is 10.8. The summed E-state index contributed by atoms with van der Waals surface area (Å²) in [6, 6.07) is 3.34. The van der Waals surface area contributed by atoms with Crippen LogP contribution in [0.25, 0.3) is 10.9 Å². The van der Waals surface area contributed by atoms with E-state index in [0.29, 0.717) is 16.5 Å². The van der Waals surface area contributed by atoms with Crippen LogP contribution in [0.2, 0.25) is 0 Å². The van der Waals surface area contributed by atoms with E-state index in [2.05, 4.69) is 4.98 Å². The molecule has 1 aromatic carbocycles. The Morgan fingerprint density at radius 2 is 1.70 bits per heavy atom. The molecule has 0 aliphatic heterocycles. The number of aromatic amines is 1. The summed E-state index contributed by atoms with van der Waals surface area (Å²) in [7, 11) is 0. The largest absolute Gasteiger partial charge is 0.455 e. The quantitative estimate of drug-likeness (QED) is 0.704. The minimum Gasteiger partial charge on any atom is -0.455 e. The van der Waals surface area contributed by atoms with Gasteiger partial charge in [-0.3, -0.25) is 0 Å². The Hall–Kier alpha value is -1.98. The SMILES string of the molecule is CC.Cc1c(C(=O)OC(C)(C)C)[nH]c2ccc(C(F)(F)F)cc12. The number of ether oxygens (including phenoxy) is 1. The molecule has 0 spiro atoms. The van der Waals surface area contributed by atoms with E-state index in [1.54, 1.807) is 27.7 Å². The molecule has 128 valence electrons. The number of aromatic nitrogens is 1. The smallest absolute Gasteiger partial charge is 0.416 e. The summed E-state index contributed by atoms with van der Waals surface area (Å²) in [5, 5.41) is 0.366. The van der Waals surface area contributed by atoms with Gasteiger partial charge in [0.05, 0.1) is 5.56 Å². The Labute approximate surface area is 133 Å². The maximum atomic E-state index is 12.7. The zero-order valence-electron chi connectivity index (χ0n) is 14.2. The molecule has 0 amide bonds. The number of hydrogen-bond donors (Lipinski definition) is 1. The molecule has 0 radical (unpaired) electrons. The molecule has 1 heterocycles. The summed E-state index contributed by atoms with van der Waals surface area (Å²) >= 11 is 0. The molecule has 0 unspecified atom stereocenters. The third kappa shape index (κ3) is 4.50. The van der Waals surface area contributed by atoms with Crippen LogP contribution in [-0.4, -0.2) is 16.6 Å². The molecule has 2 aromatic rings. The Morgan fingerprint density at radius 3 is 2.17 bits per heavy atom. The van der Waals surface area contributed by atoms with Crippen molar-refractivity contribution < 1.29 is 22.7 Å². The summed E-state index contributed by atoms with van der Waals surface area (Å²) in [5.41, 5.74) is -0.309. The van der Waals surface area contributed by atoms with E-state index >= 15 is 0 Å². The molecular weight excluding hydrogens is 307 g/mol. The van der Waals surface area contributed by atoms with E-state index in [4.69, 9.17) is 4.74 Å². The average molecular weight is 329 g/mol. The van der Waals surface area contributed by atoms with Gasteiger partial charge in [0.15, 0.2) is 0 Å². The normalized spacial score (nSPS) is 11.9. The summed E-state index contributed by atoms with van der Waals surface area (Å²) in [4.78, 5) is 14.9. The lowest BCUT2D eigenvalue weighted by Gasteiger charge is -2.19. The molecule has 0 saturated heterocycles. The molecule has 0 atom stereocenters. The second-order valence-corrected chi connectivity index (χ2v) is 5.89. The molecule has 0 saturated carbocycles. The van der Waals surface area contributed by atoms with Gasteiger partial charge in [0.1, 0.15) is 11.3 Å². The van der Waals surface area contributed by atoms with Crippen molar-refractivity contribution in [2.45, 2.75) is 53.3 Å². The van der Waals surface area contributed by atoms with Crippen molar-refractivity contribution in [2.24, 2.45) is 0 Å². The molecule has 0 aliphatic carbocycles. The number of fused-ring (bicyclic) bond motifs is 1. The van der Waals surface area contributed by atoms with Gasteiger partial charge in [0.2, 0.25) is 0 Å². The van der Waals surface area contributed by atoms with Crippen molar-refractivity contribution in [1.29, 1.82) is 0 Å². The van der Waals surface area contributed by atoms with E-state index < -0.39 is 23.3 Å². The van der Waals surface area contributed by atoms with Gasteiger partial charge in [-0.05, 0) is 51.5 Å². The lowest BCUT2D eigenvalue weighted by molar-refractivity contribution is -0.137. The Morgan fingerprint density at radius 1 is 1.13 bits per heavy atom. The fourth-order valence-electron chi connectivity index (χ4n) is 2.04. The van der Waals surface area contributed by atoms with E-state index in [1.165, 1.54) is 6.07 Å². The molecule has 1 aromatic heterocycles. The number of nitrogens with one attached hydrogen (secondary N) is 1. The minimum atomic E-state index is -4.41. The second kappa shape index (κ2) is 6.64. The highest BCUT2D eigenvalue weighted by Crippen LogP contribution is 2.33. The summed E-state index contributed by atoms with van der Waals surface area (Å²) in [6.07, 6.45) is -4.41. The van der Waals surface area contributed by atoms with Crippen LogP contribution in [0.1, 0.15) is 56.2 Å². The second-order valence-electron chi connectivity index (χ2n) is 5.89. The number of hydrogen-bond acceptors (Lipinski definition) is 2. The van der Waals surface area contributed by atoms with Gasteiger partial charge >= 0.3 is 12.1 Å². The van der Waals surface area contributed by atoms with Crippen LogP contribution in [0.4, 0.5) is 13.2 Å². The molecule has 1 N–H and O–H groups in total. The van der Waals surface area contributed by atoms with Crippen molar-refractivity contribution in [3.8, 4) is 0 Å². The highest BCUT2D eigenvalue weighted by Gasteiger charge is 2.31. The monoisotopic (exact) mass is 329 g/mol. The Balaban J connectivity index is 0.00000127. The van der Waals surface area contributed by atoms with Crippen LogP contribution >= 0.6 is 0 Å². The maximum Gasteiger partial charge on any atom is 0.416 e. The molecule has 6 heteroatoms. The number of halogens is 3. The number of alkyl halides is 3. The van der Waals surface area contributed by atoms with Crippen LogP contribution in [-0.2, 0) is 10.9 Å². The molecule has 2 rings (SSSR count). The van der Waals surface area contributed by atoms with Gasteiger partial charge in [-0.1, -0.05) is 13.8 Å². The van der Waals surface area contributed by atoms with Crippen molar-refractivity contribution in [1.82, 2.24) is 4.98 Å². The van der Waals surface area contributed by atoms with E-state index in [1.807, 2.05) is 13.8 Å². The van der Waals surface area contributed by atoms with Gasteiger partial charge < -0.3 is 9.72 Å². The first-order valence-electron chi connectivity index (χ1n) is 7.42. The Kier molecular flexibility index (Phi) is 5.51. The first-order chi connectivity index (χ1) is 10.5. The van der Waals surface area contributed by atoms with Gasteiger partial charge in [-0.2, -0.15) is 13.2 Å². The lowest BCUT2D eigenvalue weighted by Crippen LogP contribution is -2.24. The predicted octanol–water partition coefficient (Wildman–Crippen LogP) is 5.48. The van der Waals surface area contributed by atoms with Crippen molar-refractivity contribution in [2.75, 3.05) is 0 Å². The molecule has 0 aliphatic rings. The maximum absolute atomic E-state index is 12.7. The number of esters is 1. The Bertz CT molecular complexity index is 694. The highest BCUT2D eigenvalue weighted by molar-refractivity contribution is 5.98. The van der Waals surface area contributed by atoms with Gasteiger partial charge in [-0.15, -0.1) is 0 Å². The van der Waals surface area contributed by atoms with E-state index in [9.17, 15) is 18.0 Å². The number of aryl methyl sites for hydroxylation is 1. The highest BCUT2D eigenvalue weighted by atomic mass is 19.4. The standard InChI is InChI=1S/C15H16F3NO2.C2H6/c1-8-10-7-9(15(16,17)18)5-6-11(10)19-12(8)13(20)21-14(2,3)4;1-2/h5-7,19H,1-4H3;1-2H3. The van der Waals surface area contributed by atoms with E-state index in [0.717, 1.165) is 12.1 Å². The zero-order chi connectivity index (χ0) is 18.0. The van der Waals surface area contributed by atoms with Crippen molar-refractivity contribution in [3.63, 3.8) is 0 Å². The van der Waals surface area contributed by atoms with E-state index in [-0.39, 0.29) is 5.69 Å². The van der Waals surface area contributed by atoms with Crippen LogP contribution < -0.4 is 0 Å². The predicted molar refractivity (Wildman–Crippen MR) is 84.6 cm³/mol. The van der Waals surface area contributed by atoms with Crippen LogP contribution in [0, 0.1) is 6.92 Å². The molecule has 23 heavy (non-hydrogen) atoms. The van der Waals surface area contributed by atoms with Crippen molar-refractivity contribution in [3.05, 3.63) is 35.0 Å². The zero-order valence-corrected chi connectivity index (χ0v) is 14.2. The number of rotatable bonds is 1. The summed E-state index contributed by atoms with van der Waals surface area (Å²) < 4.78 is 43.4. The molecule has 3 nitrogen and oxygen atoms in total. The van der Waals surface area contributed by atoms with Crippen LogP contribution in [0.5, 0.6) is 0 Å². The van der Waals surface area contributed by atoms with Gasteiger partial charge in [-0.25, -0.2) is 4.79 Å². The van der Waals surface area contributed by atoms with Crippen molar-refractivity contribution >= 4 is 16.9 Å². The first-order valence-corrected chi connectivity index (χ1v) is 7.42. The van der Waals surface area contributed by atoms with Gasteiger partial charge in [0.25, 0.3) is 0 Å². The molecule has 0 bridgehead atoms. The fraction of sp³-hybridized carbons (Fsp3) is 0.471. The van der Waals surface area contributed by atoms with Gasteiger partial charge in [0, 0.05) is 10.9 Å². The first kappa shape index (κ1) is 19.1. The third-order valence-electron chi connectivity index (χ3n) is 2.99. The lowest BCUT2D eigenvalue weighted by atomic mass is 10.1. The topological polar surface area (TPSA) is 42.1 Å². The number of carbonyl (C=O) groups is 1. The number of H-pyrrole nitrogens is 1. The minimum absolute atomic E-state index is 0.180.